The van der Waals surface area contributed by atoms with E-state index >= 15 is 0 Å². The second-order valence-corrected chi connectivity index (χ2v) is 6.05. The molecule has 130 valence electrons. The Morgan fingerprint density at radius 2 is 2.04 bits per heavy atom. The van der Waals surface area contributed by atoms with Gasteiger partial charge in [0.2, 0.25) is 0 Å². The fraction of sp³-hybridized carbons (Fsp3) is 0.222. The molecular weight excluding hydrogens is 344 g/mol. The minimum absolute atomic E-state index is 0.153. The molecule has 1 heterocycles. The Morgan fingerprint density at radius 1 is 1.28 bits per heavy atom. The quantitative estimate of drug-likeness (QED) is 0.823. The molecule has 0 bridgehead atoms. The number of hydrogen-bond acceptors (Lipinski definition) is 4. The van der Waals surface area contributed by atoms with E-state index in [0.717, 1.165) is 0 Å². The van der Waals surface area contributed by atoms with Gasteiger partial charge in [-0.3, -0.25) is 4.90 Å². The van der Waals surface area contributed by atoms with Crippen LogP contribution in [0.5, 0.6) is 5.75 Å². The maximum absolute atomic E-state index is 12.8. The number of ether oxygens (including phenoxy) is 2. The van der Waals surface area contributed by atoms with Gasteiger partial charge >= 0.3 is 12.0 Å². The molecule has 0 saturated heterocycles. The summed E-state index contributed by atoms with van der Waals surface area (Å²) in [5.41, 5.74) is 1.19. The van der Waals surface area contributed by atoms with Gasteiger partial charge in [0.25, 0.3) is 0 Å². The van der Waals surface area contributed by atoms with Crippen LogP contribution in [-0.2, 0) is 4.74 Å². The number of hydrogen-bond donors (Lipinski definition) is 1. The molecule has 0 spiro atoms. The first kappa shape index (κ1) is 17.1. The molecule has 0 radical (unpaired) electrons. The lowest BCUT2D eigenvalue weighted by molar-refractivity contribution is 0.0602. The fourth-order valence-electron chi connectivity index (χ4n) is 2.67. The van der Waals surface area contributed by atoms with Crippen molar-refractivity contribution in [2.75, 3.05) is 23.9 Å². The number of nitrogens with one attached hydrogen (secondary N) is 1. The van der Waals surface area contributed by atoms with Gasteiger partial charge in [-0.1, -0.05) is 23.7 Å². The topological polar surface area (TPSA) is 67.9 Å². The summed E-state index contributed by atoms with van der Waals surface area (Å²) in [6, 6.07) is 11.5. The molecule has 2 amide bonds. The predicted molar refractivity (Wildman–Crippen MR) is 95.7 cm³/mol. The first-order chi connectivity index (χ1) is 12.0. The molecule has 1 atom stereocenters. The molecule has 1 aliphatic rings. The van der Waals surface area contributed by atoms with Crippen molar-refractivity contribution in [3.8, 4) is 5.75 Å². The van der Waals surface area contributed by atoms with E-state index < -0.39 is 5.97 Å². The Labute approximate surface area is 150 Å². The third kappa shape index (κ3) is 3.53. The van der Waals surface area contributed by atoms with Crippen LogP contribution < -0.4 is 15.0 Å². The summed E-state index contributed by atoms with van der Waals surface area (Å²) in [7, 11) is 1.28. The van der Waals surface area contributed by atoms with Crippen molar-refractivity contribution in [2.45, 2.75) is 13.0 Å². The number of anilines is 2. The highest BCUT2D eigenvalue weighted by Crippen LogP contribution is 2.33. The van der Waals surface area contributed by atoms with Gasteiger partial charge in [-0.15, -0.1) is 0 Å². The normalized spacial score (nSPS) is 15.8. The predicted octanol–water partition coefficient (Wildman–Crippen LogP) is 3.95. The van der Waals surface area contributed by atoms with E-state index in [1.54, 1.807) is 17.0 Å². The van der Waals surface area contributed by atoms with E-state index in [4.69, 9.17) is 21.1 Å². The van der Waals surface area contributed by atoms with Crippen molar-refractivity contribution in [2.24, 2.45) is 0 Å². The number of benzene rings is 2. The third-order valence-corrected chi connectivity index (χ3v) is 4.03. The SMILES string of the molecule is COC(=O)c1ccc(Cl)cc1NC(=O)N1C[C@@H](C)Oc2ccccc21. The maximum Gasteiger partial charge on any atom is 0.339 e. The Kier molecular flexibility index (Phi) is 4.81. The molecule has 1 N–H and O–H groups in total. The molecule has 1 aliphatic heterocycles. The van der Waals surface area contributed by atoms with Crippen LogP contribution in [0.1, 0.15) is 17.3 Å². The highest BCUT2D eigenvalue weighted by Gasteiger charge is 2.28. The number of urea groups is 1. The molecule has 2 aromatic carbocycles. The summed E-state index contributed by atoms with van der Waals surface area (Å²) < 4.78 is 10.5. The Hall–Kier alpha value is -2.73. The Morgan fingerprint density at radius 3 is 2.80 bits per heavy atom. The third-order valence-electron chi connectivity index (χ3n) is 3.80. The Bertz CT molecular complexity index is 824. The lowest BCUT2D eigenvalue weighted by Crippen LogP contribution is -2.44. The van der Waals surface area contributed by atoms with E-state index in [2.05, 4.69) is 5.32 Å². The van der Waals surface area contributed by atoms with E-state index in [-0.39, 0.29) is 17.7 Å². The van der Waals surface area contributed by atoms with Gasteiger partial charge in [-0.2, -0.15) is 0 Å². The highest BCUT2D eigenvalue weighted by molar-refractivity contribution is 6.31. The van der Waals surface area contributed by atoms with E-state index in [1.165, 1.54) is 19.2 Å². The number of methoxy groups -OCH3 is 1. The maximum atomic E-state index is 12.8. The minimum atomic E-state index is -0.553. The van der Waals surface area contributed by atoms with Crippen LogP contribution in [0.3, 0.4) is 0 Å². The van der Waals surface area contributed by atoms with Crippen LogP contribution in [0.15, 0.2) is 42.5 Å². The average molecular weight is 361 g/mol. The lowest BCUT2D eigenvalue weighted by Gasteiger charge is -2.33. The first-order valence-corrected chi connectivity index (χ1v) is 8.09. The van der Waals surface area contributed by atoms with Crippen LogP contribution >= 0.6 is 11.6 Å². The number of nitrogens with zero attached hydrogens (tertiary/aromatic N) is 1. The van der Waals surface area contributed by atoms with Gasteiger partial charge in [-0.05, 0) is 37.3 Å². The zero-order chi connectivity index (χ0) is 18.0. The summed E-state index contributed by atoms with van der Waals surface area (Å²) in [6.07, 6.45) is -0.153. The molecule has 3 rings (SSSR count). The Balaban J connectivity index is 1.91. The molecule has 0 unspecified atom stereocenters. The van der Waals surface area contributed by atoms with Crippen molar-refractivity contribution in [3.05, 3.63) is 53.1 Å². The van der Waals surface area contributed by atoms with Gasteiger partial charge in [0.05, 0.1) is 30.6 Å². The number of halogens is 1. The largest absolute Gasteiger partial charge is 0.487 e. The summed E-state index contributed by atoms with van der Waals surface area (Å²) in [4.78, 5) is 26.3. The number of rotatable bonds is 2. The van der Waals surface area contributed by atoms with Crippen molar-refractivity contribution >= 4 is 35.0 Å². The van der Waals surface area contributed by atoms with Gasteiger partial charge in [0.1, 0.15) is 11.9 Å². The number of para-hydroxylation sites is 2. The highest BCUT2D eigenvalue weighted by atomic mass is 35.5. The van der Waals surface area contributed by atoms with Crippen LogP contribution in [-0.4, -0.2) is 31.8 Å². The summed E-state index contributed by atoms with van der Waals surface area (Å²) in [5.74, 6) is 0.0818. The molecule has 0 aliphatic carbocycles. The summed E-state index contributed by atoms with van der Waals surface area (Å²) in [6.45, 7) is 2.27. The molecule has 0 aromatic heterocycles. The molecule has 0 saturated carbocycles. The number of carbonyl (C=O) groups is 2. The number of fused-ring (bicyclic) bond motifs is 1. The molecular formula is C18H17ClN2O4. The average Bonchev–Trinajstić information content (AvgIpc) is 2.60. The van der Waals surface area contributed by atoms with Crippen molar-refractivity contribution in [3.63, 3.8) is 0 Å². The monoisotopic (exact) mass is 360 g/mol. The fourth-order valence-corrected chi connectivity index (χ4v) is 2.84. The van der Waals surface area contributed by atoms with Crippen LogP contribution in [0.2, 0.25) is 5.02 Å². The van der Waals surface area contributed by atoms with Crippen molar-refractivity contribution in [1.29, 1.82) is 0 Å². The van der Waals surface area contributed by atoms with Gasteiger partial charge in [-0.25, -0.2) is 9.59 Å². The molecule has 6 nitrogen and oxygen atoms in total. The molecule has 2 aromatic rings. The van der Waals surface area contributed by atoms with E-state index in [0.29, 0.717) is 28.7 Å². The number of esters is 1. The van der Waals surface area contributed by atoms with Crippen molar-refractivity contribution < 1.29 is 19.1 Å². The van der Waals surface area contributed by atoms with Crippen LogP contribution in [0.4, 0.5) is 16.2 Å². The standard InChI is InChI=1S/C18H17ClN2O4/c1-11-10-21(15-5-3-4-6-16(15)25-11)18(23)20-14-9-12(19)7-8-13(14)17(22)24-2/h3-9,11H,10H2,1-2H3,(H,20,23)/t11-/m1/s1. The van der Waals surface area contributed by atoms with Crippen LogP contribution in [0.25, 0.3) is 0 Å². The van der Waals surface area contributed by atoms with Crippen molar-refractivity contribution in [1.82, 2.24) is 0 Å². The second-order valence-electron chi connectivity index (χ2n) is 5.62. The zero-order valence-electron chi connectivity index (χ0n) is 13.8. The molecule has 25 heavy (non-hydrogen) atoms. The summed E-state index contributed by atoms with van der Waals surface area (Å²) >= 11 is 6.00. The molecule has 7 heteroatoms. The number of amides is 2. The number of carbonyl (C=O) groups excluding carboxylic acids is 2. The summed E-state index contributed by atoms with van der Waals surface area (Å²) in [5, 5.41) is 3.15. The lowest BCUT2D eigenvalue weighted by atomic mass is 10.1. The molecule has 0 fully saturated rings. The van der Waals surface area contributed by atoms with Gasteiger partial charge < -0.3 is 14.8 Å². The zero-order valence-corrected chi connectivity index (χ0v) is 14.5. The van der Waals surface area contributed by atoms with Crippen LogP contribution in [0, 0.1) is 0 Å². The van der Waals surface area contributed by atoms with Gasteiger partial charge in [0, 0.05) is 5.02 Å². The van der Waals surface area contributed by atoms with E-state index in [9.17, 15) is 9.59 Å². The smallest absolute Gasteiger partial charge is 0.339 e. The van der Waals surface area contributed by atoms with Gasteiger partial charge in [0.15, 0.2) is 0 Å². The first-order valence-electron chi connectivity index (χ1n) is 7.71. The van der Waals surface area contributed by atoms with E-state index in [1.807, 2.05) is 25.1 Å². The second kappa shape index (κ2) is 7.03. The minimum Gasteiger partial charge on any atom is -0.487 e.